The molecule has 0 aliphatic carbocycles. The lowest BCUT2D eigenvalue weighted by molar-refractivity contribution is 0.271. The van der Waals surface area contributed by atoms with Crippen LogP contribution in [-0.2, 0) is 13.1 Å². The highest BCUT2D eigenvalue weighted by molar-refractivity contribution is 5.37. The minimum absolute atomic E-state index is 0.233. The molecule has 0 bridgehead atoms. The Morgan fingerprint density at radius 3 is 2.23 bits per heavy atom. The first kappa shape index (κ1) is 21.2. The molecule has 0 radical (unpaired) electrons. The van der Waals surface area contributed by atoms with Crippen LogP contribution in [0.4, 0.5) is 10.3 Å². The third-order valence-electron chi connectivity index (χ3n) is 5.31. The fourth-order valence-electron chi connectivity index (χ4n) is 3.42. The molecule has 1 N–H and O–H groups in total. The van der Waals surface area contributed by atoms with Crippen molar-refractivity contribution in [1.29, 1.82) is 0 Å². The summed E-state index contributed by atoms with van der Waals surface area (Å²) in [7, 11) is 0. The van der Waals surface area contributed by atoms with Gasteiger partial charge in [0.2, 0.25) is 5.95 Å². The minimum Gasteiger partial charge on any atom is -0.493 e. The number of benzene rings is 2. The van der Waals surface area contributed by atoms with Gasteiger partial charge in [-0.1, -0.05) is 38.1 Å². The third-order valence-corrected chi connectivity index (χ3v) is 5.31. The summed E-state index contributed by atoms with van der Waals surface area (Å²) in [6, 6.07) is 16.8. The van der Waals surface area contributed by atoms with Crippen molar-refractivity contribution in [3.05, 3.63) is 83.4 Å². The summed E-state index contributed by atoms with van der Waals surface area (Å²) in [5.41, 5.74) is 3.21. The van der Waals surface area contributed by atoms with Gasteiger partial charge in [-0.15, -0.1) is 0 Å². The highest BCUT2D eigenvalue weighted by Gasteiger charge is 2.22. The van der Waals surface area contributed by atoms with E-state index in [1.54, 1.807) is 0 Å². The molecule has 1 aliphatic rings. The number of anilines is 1. The van der Waals surface area contributed by atoms with Crippen LogP contribution >= 0.6 is 0 Å². The second-order valence-corrected chi connectivity index (χ2v) is 8.47. The molecule has 2 aromatic carbocycles. The van der Waals surface area contributed by atoms with E-state index >= 15 is 0 Å². The molecule has 1 fully saturated rings. The van der Waals surface area contributed by atoms with Crippen molar-refractivity contribution in [3.63, 3.8) is 0 Å². The van der Waals surface area contributed by atoms with Crippen molar-refractivity contribution in [1.82, 2.24) is 15.3 Å². The van der Waals surface area contributed by atoms with Gasteiger partial charge in [0.05, 0.1) is 12.3 Å². The quantitative estimate of drug-likeness (QED) is 0.551. The fourth-order valence-corrected chi connectivity index (χ4v) is 3.42. The lowest BCUT2D eigenvalue weighted by Crippen LogP contribution is -2.40. The largest absolute Gasteiger partial charge is 0.493 e. The van der Waals surface area contributed by atoms with Crippen LogP contribution in [0.1, 0.15) is 36.6 Å². The molecule has 6 heteroatoms. The number of nitrogens with one attached hydrogen (secondary N) is 1. The van der Waals surface area contributed by atoms with Gasteiger partial charge in [0, 0.05) is 38.3 Å². The Morgan fingerprint density at radius 2 is 1.65 bits per heavy atom. The van der Waals surface area contributed by atoms with Gasteiger partial charge in [-0.3, -0.25) is 0 Å². The summed E-state index contributed by atoms with van der Waals surface area (Å²) < 4.78 is 19.2. The van der Waals surface area contributed by atoms with Gasteiger partial charge in [0.1, 0.15) is 11.6 Å². The molecular formula is C25H29FN4O. The van der Waals surface area contributed by atoms with Crippen LogP contribution in [0, 0.1) is 11.7 Å². The Hall–Kier alpha value is -2.99. The maximum absolute atomic E-state index is 13.4. The first-order valence-corrected chi connectivity index (χ1v) is 10.8. The van der Waals surface area contributed by atoms with Gasteiger partial charge >= 0.3 is 0 Å². The standard InChI is InChI=1S/C25H29FN4O/c1-18(2)17-31-23-9-5-20(6-10-23)16-30(15-19-3-7-22(26)8-4-19)25-28-12-11-24(29-25)21-13-27-14-21/h3-12,18,21,27H,13-17H2,1-2H3. The van der Waals surface area contributed by atoms with Crippen LogP contribution in [-0.4, -0.2) is 29.7 Å². The van der Waals surface area contributed by atoms with Crippen LogP contribution in [0.3, 0.4) is 0 Å². The molecule has 1 aromatic heterocycles. The van der Waals surface area contributed by atoms with E-state index in [-0.39, 0.29) is 5.82 Å². The topological polar surface area (TPSA) is 50.3 Å². The Kier molecular flexibility index (Phi) is 6.77. The molecule has 0 amide bonds. The van der Waals surface area contributed by atoms with Crippen molar-refractivity contribution in [2.75, 3.05) is 24.6 Å². The van der Waals surface area contributed by atoms with Gasteiger partial charge in [0.25, 0.3) is 0 Å². The van der Waals surface area contributed by atoms with Gasteiger partial charge in [-0.2, -0.15) is 0 Å². The Labute approximate surface area is 183 Å². The molecular weight excluding hydrogens is 391 g/mol. The summed E-state index contributed by atoms with van der Waals surface area (Å²) in [5, 5.41) is 3.29. The second-order valence-electron chi connectivity index (χ2n) is 8.47. The van der Waals surface area contributed by atoms with Gasteiger partial charge in [0.15, 0.2) is 0 Å². The molecule has 0 spiro atoms. The Bertz CT molecular complexity index is 972. The van der Waals surface area contributed by atoms with Crippen molar-refractivity contribution in [3.8, 4) is 5.75 Å². The summed E-state index contributed by atoms with van der Waals surface area (Å²) in [4.78, 5) is 11.5. The van der Waals surface area contributed by atoms with Crippen molar-refractivity contribution in [2.24, 2.45) is 5.92 Å². The number of nitrogens with zero attached hydrogens (tertiary/aromatic N) is 3. The molecule has 31 heavy (non-hydrogen) atoms. The second kappa shape index (κ2) is 9.88. The third kappa shape index (κ3) is 5.79. The van der Waals surface area contributed by atoms with Crippen LogP contribution in [0.5, 0.6) is 5.75 Å². The molecule has 2 heterocycles. The molecule has 5 nitrogen and oxygen atoms in total. The normalized spacial score (nSPS) is 13.8. The van der Waals surface area contributed by atoms with E-state index in [9.17, 15) is 4.39 Å². The molecule has 162 valence electrons. The summed E-state index contributed by atoms with van der Waals surface area (Å²) >= 11 is 0. The number of aromatic nitrogens is 2. The average molecular weight is 421 g/mol. The highest BCUT2D eigenvalue weighted by Crippen LogP contribution is 2.23. The predicted octanol–water partition coefficient (Wildman–Crippen LogP) is 4.54. The SMILES string of the molecule is CC(C)COc1ccc(CN(Cc2ccc(F)cc2)c2nccc(C3CNC3)n2)cc1. The zero-order valence-electron chi connectivity index (χ0n) is 18.1. The van der Waals surface area contributed by atoms with Gasteiger partial charge < -0.3 is 15.0 Å². The van der Waals surface area contributed by atoms with Crippen LogP contribution in [0.15, 0.2) is 60.8 Å². The highest BCUT2D eigenvalue weighted by atomic mass is 19.1. The smallest absolute Gasteiger partial charge is 0.226 e. The molecule has 1 saturated heterocycles. The van der Waals surface area contributed by atoms with E-state index in [0.717, 1.165) is 35.7 Å². The molecule has 0 unspecified atom stereocenters. The molecule has 1 aliphatic heterocycles. The van der Waals surface area contributed by atoms with Crippen molar-refractivity contribution in [2.45, 2.75) is 32.9 Å². The zero-order valence-corrected chi connectivity index (χ0v) is 18.1. The first-order chi connectivity index (χ1) is 15.1. The van der Waals surface area contributed by atoms with Crippen molar-refractivity contribution < 1.29 is 9.13 Å². The summed E-state index contributed by atoms with van der Waals surface area (Å²) in [6.07, 6.45) is 1.83. The Morgan fingerprint density at radius 1 is 1.00 bits per heavy atom. The maximum Gasteiger partial charge on any atom is 0.226 e. The Balaban J connectivity index is 1.54. The predicted molar refractivity (Wildman–Crippen MR) is 121 cm³/mol. The summed E-state index contributed by atoms with van der Waals surface area (Å²) in [5.74, 6) is 2.25. The number of hydrogen-bond acceptors (Lipinski definition) is 5. The van der Waals surface area contributed by atoms with Gasteiger partial charge in [-0.05, 0) is 47.4 Å². The van der Waals surface area contributed by atoms with E-state index < -0.39 is 0 Å². The maximum atomic E-state index is 13.4. The first-order valence-electron chi connectivity index (χ1n) is 10.8. The monoisotopic (exact) mass is 420 g/mol. The summed E-state index contributed by atoms with van der Waals surface area (Å²) in [6.45, 7) is 8.11. The average Bonchev–Trinajstić information content (AvgIpc) is 2.73. The van der Waals surface area contributed by atoms with E-state index in [0.29, 0.717) is 37.5 Å². The lowest BCUT2D eigenvalue weighted by Gasteiger charge is -2.28. The lowest BCUT2D eigenvalue weighted by atomic mass is 9.99. The van der Waals surface area contributed by atoms with Crippen LogP contribution in [0.2, 0.25) is 0 Å². The van der Waals surface area contributed by atoms with E-state index in [1.165, 1.54) is 12.1 Å². The van der Waals surface area contributed by atoms with Crippen molar-refractivity contribution >= 4 is 5.95 Å². The molecule has 0 saturated carbocycles. The van der Waals surface area contributed by atoms with E-state index in [4.69, 9.17) is 9.72 Å². The number of halogens is 1. The van der Waals surface area contributed by atoms with Gasteiger partial charge in [-0.25, -0.2) is 14.4 Å². The zero-order chi connectivity index (χ0) is 21.6. The molecule has 0 atom stereocenters. The van der Waals surface area contributed by atoms with E-state index in [1.807, 2.05) is 36.5 Å². The fraction of sp³-hybridized carbons (Fsp3) is 0.360. The van der Waals surface area contributed by atoms with E-state index in [2.05, 4.69) is 41.2 Å². The molecule has 3 aromatic rings. The number of rotatable bonds is 9. The minimum atomic E-state index is -0.233. The number of ether oxygens (including phenoxy) is 1. The number of hydrogen-bond donors (Lipinski definition) is 1. The van der Waals surface area contributed by atoms with Crippen LogP contribution in [0.25, 0.3) is 0 Å². The molecule has 4 rings (SSSR count). The van der Waals surface area contributed by atoms with Crippen LogP contribution < -0.4 is 15.0 Å².